The summed E-state index contributed by atoms with van der Waals surface area (Å²) in [6.07, 6.45) is -1.89. The molecular formula is C14H22F3NO2. The molecular weight excluding hydrogens is 271 g/mol. The van der Waals surface area contributed by atoms with Gasteiger partial charge in [-0.05, 0) is 37.6 Å². The van der Waals surface area contributed by atoms with Crippen molar-refractivity contribution in [2.45, 2.75) is 51.7 Å². The Labute approximate surface area is 117 Å². The van der Waals surface area contributed by atoms with E-state index >= 15 is 0 Å². The van der Waals surface area contributed by atoms with Crippen LogP contribution in [0.1, 0.15) is 39.5 Å². The van der Waals surface area contributed by atoms with Crippen LogP contribution < -0.4 is 0 Å². The summed E-state index contributed by atoms with van der Waals surface area (Å²) in [7, 11) is 0. The van der Waals surface area contributed by atoms with Crippen LogP contribution in [-0.4, -0.2) is 41.3 Å². The summed E-state index contributed by atoms with van der Waals surface area (Å²) < 4.78 is 39.6. The smallest absolute Gasteiger partial charge is 0.406 e. The zero-order valence-electron chi connectivity index (χ0n) is 11.9. The van der Waals surface area contributed by atoms with E-state index in [-0.39, 0.29) is 19.0 Å². The molecule has 0 amide bonds. The highest BCUT2D eigenvalue weighted by Crippen LogP contribution is 2.48. The van der Waals surface area contributed by atoms with Gasteiger partial charge in [0.2, 0.25) is 0 Å². The number of hydrogen-bond donors (Lipinski definition) is 1. The molecule has 0 aromatic rings. The number of carbonyl (C=O) groups is 1. The van der Waals surface area contributed by atoms with Crippen LogP contribution in [-0.2, 0) is 4.79 Å². The molecule has 1 saturated heterocycles. The SMILES string of the molecule is CC1CCCC(C)C1N1CCC(C(=O)O)(C(F)(F)F)C1. The van der Waals surface area contributed by atoms with E-state index in [2.05, 4.69) is 13.8 Å². The maximum atomic E-state index is 13.2. The molecule has 1 aliphatic carbocycles. The summed E-state index contributed by atoms with van der Waals surface area (Å²) in [5, 5.41) is 9.10. The highest BCUT2D eigenvalue weighted by Gasteiger charge is 2.64. The van der Waals surface area contributed by atoms with Crippen molar-refractivity contribution in [2.75, 3.05) is 13.1 Å². The summed E-state index contributed by atoms with van der Waals surface area (Å²) in [5.41, 5.74) is -2.58. The Bertz CT molecular complexity index is 375. The van der Waals surface area contributed by atoms with Crippen LogP contribution in [0.3, 0.4) is 0 Å². The van der Waals surface area contributed by atoms with Gasteiger partial charge in [0.05, 0.1) is 0 Å². The predicted octanol–water partition coefficient (Wildman–Crippen LogP) is 3.15. The van der Waals surface area contributed by atoms with Gasteiger partial charge in [0, 0.05) is 12.6 Å². The number of aliphatic carboxylic acids is 1. The number of halogens is 3. The molecule has 0 aromatic heterocycles. The molecule has 1 N–H and O–H groups in total. The van der Waals surface area contributed by atoms with Crippen LogP contribution in [0.15, 0.2) is 0 Å². The molecule has 116 valence electrons. The van der Waals surface area contributed by atoms with Crippen molar-refractivity contribution in [3.8, 4) is 0 Å². The van der Waals surface area contributed by atoms with E-state index in [0.29, 0.717) is 11.8 Å². The van der Waals surface area contributed by atoms with Crippen molar-refractivity contribution in [2.24, 2.45) is 17.3 Å². The lowest BCUT2D eigenvalue weighted by atomic mass is 9.77. The molecule has 0 bridgehead atoms. The van der Waals surface area contributed by atoms with Crippen molar-refractivity contribution in [1.82, 2.24) is 4.90 Å². The number of carboxylic acids is 1. The van der Waals surface area contributed by atoms with Crippen molar-refractivity contribution in [3.63, 3.8) is 0 Å². The lowest BCUT2D eigenvalue weighted by Crippen LogP contribution is -2.51. The van der Waals surface area contributed by atoms with Gasteiger partial charge in [-0.25, -0.2) is 0 Å². The second-order valence-electron chi connectivity index (χ2n) is 6.48. The third-order valence-corrected chi connectivity index (χ3v) is 5.16. The van der Waals surface area contributed by atoms with Gasteiger partial charge in [0.1, 0.15) is 0 Å². The zero-order chi connectivity index (χ0) is 15.1. The van der Waals surface area contributed by atoms with Crippen LogP contribution in [0.5, 0.6) is 0 Å². The third-order valence-electron chi connectivity index (χ3n) is 5.16. The monoisotopic (exact) mass is 293 g/mol. The zero-order valence-corrected chi connectivity index (χ0v) is 11.9. The van der Waals surface area contributed by atoms with Crippen LogP contribution in [0, 0.1) is 17.3 Å². The number of rotatable bonds is 2. The third kappa shape index (κ3) is 2.43. The van der Waals surface area contributed by atoms with E-state index in [1.807, 2.05) is 0 Å². The Balaban J connectivity index is 2.20. The molecule has 20 heavy (non-hydrogen) atoms. The molecule has 3 nitrogen and oxygen atoms in total. The quantitative estimate of drug-likeness (QED) is 0.850. The van der Waals surface area contributed by atoms with Crippen molar-refractivity contribution in [3.05, 3.63) is 0 Å². The summed E-state index contributed by atoms with van der Waals surface area (Å²) in [6, 6.07) is 0.0762. The van der Waals surface area contributed by atoms with E-state index in [1.165, 1.54) is 0 Å². The first-order valence-corrected chi connectivity index (χ1v) is 7.23. The van der Waals surface area contributed by atoms with E-state index in [1.54, 1.807) is 4.90 Å². The van der Waals surface area contributed by atoms with Gasteiger partial charge < -0.3 is 5.11 Å². The summed E-state index contributed by atoms with van der Waals surface area (Å²) in [6.45, 7) is 3.96. The molecule has 1 heterocycles. The molecule has 1 saturated carbocycles. The van der Waals surface area contributed by atoms with Gasteiger partial charge in [-0.3, -0.25) is 9.69 Å². The maximum absolute atomic E-state index is 13.2. The number of hydrogen-bond acceptors (Lipinski definition) is 2. The first-order valence-electron chi connectivity index (χ1n) is 7.23. The van der Waals surface area contributed by atoms with Gasteiger partial charge in [0.15, 0.2) is 5.41 Å². The fourth-order valence-corrected chi connectivity index (χ4v) is 4.00. The van der Waals surface area contributed by atoms with Gasteiger partial charge in [-0.15, -0.1) is 0 Å². The molecule has 0 spiro atoms. The Morgan fingerprint density at radius 2 is 1.80 bits per heavy atom. The lowest BCUT2D eigenvalue weighted by molar-refractivity contribution is -0.228. The van der Waals surface area contributed by atoms with Crippen molar-refractivity contribution >= 4 is 5.97 Å². The van der Waals surface area contributed by atoms with Gasteiger partial charge in [-0.2, -0.15) is 13.2 Å². The molecule has 2 aliphatic rings. The number of alkyl halides is 3. The maximum Gasteiger partial charge on any atom is 0.406 e. The van der Waals surface area contributed by atoms with E-state index in [9.17, 15) is 18.0 Å². The summed E-state index contributed by atoms with van der Waals surface area (Å²) in [4.78, 5) is 13.0. The fraction of sp³-hybridized carbons (Fsp3) is 0.929. The van der Waals surface area contributed by atoms with Gasteiger partial charge in [0.25, 0.3) is 0 Å². The van der Waals surface area contributed by atoms with Gasteiger partial charge >= 0.3 is 12.1 Å². The summed E-state index contributed by atoms with van der Waals surface area (Å²) in [5.74, 6) is -1.07. The van der Waals surface area contributed by atoms with E-state index in [0.717, 1.165) is 19.3 Å². The van der Waals surface area contributed by atoms with Crippen LogP contribution in [0.4, 0.5) is 13.2 Å². The predicted molar refractivity (Wildman–Crippen MR) is 68.3 cm³/mol. The average molecular weight is 293 g/mol. The first-order chi connectivity index (χ1) is 9.19. The molecule has 2 rings (SSSR count). The average Bonchev–Trinajstić information content (AvgIpc) is 2.74. The molecule has 3 unspecified atom stereocenters. The van der Waals surface area contributed by atoms with E-state index < -0.39 is 24.1 Å². The first kappa shape index (κ1) is 15.6. The van der Waals surface area contributed by atoms with Crippen LogP contribution in [0.2, 0.25) is 0 Å². The normalized spacial score (nSPS) is 40.0. The van der Waals surface area contributed by atoms with Crippen molar-refractivity contribution in [1.29, 1.82) is 0 Å². The van der Waals surface area contributed by atoms with E-state index in [4.69, 9.17) is 5.11 Å². The van der Waals surface area contributed by atoms with Crippen LogP contribution in [0.25, 0.3) is 0 Å². The highest BCUT2D eigenvalue weighted by molar-refractivity contribution is 5.76. The molecule has 3 atom stereocenters. The lowest BCUT2D eigenvalue weighted by Gasteiger charge is -2.41. The second-order valence-corrected chi connectivity index (χ2v) is 6.48. The highest BCUT2D eigenvalue weighted by atomic mass is 19.4. The number of likely N-dealkylation sites (tertiary alicyclic amines) is 1. The number of nitrogens with zero attached hydrogens (tertiary/aromatic N) is 1. The number of carboxylic acid groups (broad SMARTS) is 1. The fourth-order valence-electron chi connectivity index (χ4n) is 4.00. The largest absolute Gasteiger partial charge is 0.481 e. The molecule has 1 aliphatic heterocycles. The standard InChI is InChI=1S/C14H22F3NO2/c1-9-4-3-5-10(2)11(9)18-7-6-13(8-18,12(19)20)14(15,16)17/h9-11H,3-8H2,1-2H3,(H,19,20). The minimum atomic E-state index is -4.69. The summed E-state index contributed by atoms with van der Waals surface area (Å²) >= 11 is 0. The van der Waals surface area contributed by atoms with Crippen molar-refractivity contribution < 1.29 is 23.1 Å². The Kier molecular flexibility index (Phi) is 4.06. The van der Waals surface area contributed by atoms with Gasteiger partial charge in [-0.1, -0.05) is 20.3 Å². The molecule has 6 heteroatoms. The molecule has 2 fully saturated rings. The molecule has 0 radical (unpaired) electrons. The second kappa shape index (κ2) is 5.20. The minimum absolute atomic E-state index is 0.0762. The topological polar surface area (TPSA) is 40.5 Å². The van der Waals surface area contributed by atoms with Crippen LogP contribution >= 0.6 is 0 Å². The minimum Gasteiger partial charge on any atom is -0.481 e. The Hall–Kier alpha value is -0.780. The molecule has 0 aromatic carbocycles. The Morgan fingerprint density at radius 3 is 2.20 bits per heavy atom. The Morgan fingerprint density at radius 1 is 1.25 bits per heavy atom.